The minimum absolute atomic E-state index is 0. The summed E-state index contributed by atoms with van der Waals surface area (Å²) >= 11 is 0. The molecular weight excluding hydrogens is 458 g/mol. The standard InChI is InChI=1S/C20H33FN4O.HI/c1-4-10-25-11-9-17(15-25)14-24-20(22-5-2)23-13-16(3)26-19-8-6-7-18(21)12-19;/h6-8,12,16-17H,4-5,9-11,13-15H2,1-3H3,(H2,22,23,24);1H. The average molecular weight is 492 g/mol. The number of rotatable bonds is 9. The Morgan fingerprint density at radius 1 is 1.37 bits per heavy atom. The third-order valence-corrected chi connectivity index (χ3v) is 4.45. The summed E-state index contributed by atoms with van der Waals surface area (Å²) in [5.74, 6) is 1.73. The Morgan fingerprint density at radius 3 is 2.89 bits per heavy atom. The highest BCUT2D eigenvalue weighted by Crippen LogP contribution is 2.15. The molecule has 1 aromatic rings. The number of nitrogens with zero attached hydrogens (tertiary/aromatic N) is 2. The number of hydrogen-bond acceptors (Lipinski definition) is 3. The maximum Gasteiger partial charge on any atom is 0.191 e. The van der Waals surface area contributed by atoms with Crippen molar-refractivity contribution < 1.29 is 9.13 Å². The summed E-state index contributed by atoms with van der Waals surface area (Å²) in [6.45, 7) is 12.1. The Hall–Kier alpha value is -1.09. The van der Waals surface area contributed by atoms with Crippen molar-refractivity contribution in [1.29, 1.82) is 0 Å². The first kappa shape index (κ1) is 23.9. The molecule has 1 heterocycles. The normalized spacial score (nSPS) is 18.7. The van der Waals surface area contributed by atoms with Gasteiger partial charge in [0.25, 0.3) is 0 Å². The van der Waals surface area contributed by atoms with Crippen molar-refractivity contribution >= 4 is 29.9 Å². The van der Waals surface area contributed by atoms with Gasteiger partial charge in [0.05, 0.1) is 6.54 Å². The van der Waals surface area contributed by atoms with Crippen molar-refractivity contribution in [3.05, 3.63) is 30.1 Å². The van der Waals surface area contributed by atoms with E-state index in [-0.39, 0.29) is 35.9 Å². The van der Waals surface area contributed by atoms with E-state index in [2.05, 4.69) is 34.4 Å². The fourth-order valence-electron chi connectivity index (χ4n) is 3.21. The fraction of sp³-hybridized carbons (Fsp3) is 0.650. The molecule has 0 aliphatic carbocycles. The van der Waals surface area contributed by atoms with Crippen molar-refractivity contribution in [3.63, 3.8) is 0 Å². The summed E-state index contributed by atoms with van der Waals surface area (Å²) in [6, 6.07) is 6.21. The van der Waals surface area contributed by atoms with E-state index in [0.717, 1.165) is 19.0 Å². The van der Waals surface area contributed by atoms with Crippen molar-refractivity contribution in [2.75, 3.05) is 39.3 Å². The van der Waals surface area contributed by atoms with Crippen LogP contribution < -0.4 is 15.4 Å². The second-order valence-electron chi connectivity index (χ2n) is 6.94. The second kappa shape index (κ2) is 13.1. The predicted octanol–water partition coefficient (Wildman–Crippen LogP) is 3.50. The smallest absolute Gasteiger partial charge is 0.191 e. The molecule has 0 bridgehead atoms. The summed E-state index contributed by atoms with van der Waals surface area (Å²) in [6.07, 6.45) is 2.33. The molecule has 154 valence electrons. The zero-order valence-electron chi connectivity index (χ0n) is 16.7. The van der Waals surface area contributed by atoms with Crippen LogP contribution in [-0.4, -0.2) is 56.2 Å². The molecule has 2 unspecified atom stereocenters. The lowest BCUT2D eigenvalue weighted by molar-refractivity contribution is 0.229. The van der Waals surface area contributed by atoms with E-state index in [9.17, 15) is 4.39 Å². The predicted molar refractivity (Wildman–Crippen MR) is 121 cm³/mol. The minimum Gasteiger partial charge on any atom is -0.489 e. The zero-order chi connectivity index (χ0) is 18.8. The molecule has 0 amide bonds. The molecule has 1 aliphatic heterocycles. The number of nitrogens with one attached hydrogen (secondary N) is 2. The van der Waals surface area contributed by atoms with Crippen LogP contribution in [0, 0.1) is 11.7 Å². The topological polar surface area (TPSA) is 48.9 Å². The molecule has 0 radical (unpaired) electrons. The van der Waals surface area contributed by atoms with Gasteiger partial charge in [-0.3, -0.25) is 0 Å². The number of guanidine groups is 1. The van der Waals surface area contributed by atoms with Crippen LogP contribution in [0.25, 0.3) is 0 Å². The largest absolute Gasteiger partial charge is 0.489 e. The van der Waals surface area contributed by atoms with Gasteiger partial charge in [-0.15, -0.1) is 24.0 Å². The molecule has 1 saturated heterocycles. The monoisotopic (exact) mass is 492 g/mol. The van der Waals surface area contributed by atoms with Gasteiger partial charge in [0.15, 0.2) is 5.96 Å². The molecule has 1 fully saturated rings. The van der Waals surface area contributed by atoms with Gasteiger partial charge in [0.1, 0.15) is 17.7 Å². The first-order valence-electron chi connectivity index (χ1n) is 9.77. The van der Waals surface area contributed by atoms with Gasteiger partial charge < -0.3 is 20.3 Å². The quantitative estimate of drug-likeness (QED) is 0.315. The maximum atomic E-state index is 13.2. The molecule has 1 aliphatic rings. The molecular formula is C20H34FIN4O. The lowest BCUT2D eigenvalue weighted by Gasteiger charge is -2.18. The van der Waals surface area contributed by atoms with Crippen molar-refractivity contribution in [1.82, 2.24) is 15.5 Å². The lowest BCUT2D eigenvalue weighted by Crippen LogP contribution is -2.41. The molecule has 0 spiro atoms. The van der Waals surface area contributed by atoms with Crippen molar-refractivity contribution in [3.8, 4) is 5.75 Å². The van der Waals surface area contributed by atoms with Gasteiger partial charge >= 0.3 is 0 Å². The molecule has 0 aromatic heterocycles. The van der Waals surface area contributed by atoms with Crippen LogP contribution >= 0.6 is 24.0 Å². The Balaban J connectivity index is 0.00000364. The first-order chi connectivity index (χ1) is 12.6. The summed E-state index contributed by atoms with van der Waals surface area (Å²) < 4.78 is 19.0. The number of halogens is 2. The third-order valence-electron chi connectivity index (χ3n) is 4.45. The fourth-order valence-corrected chi connectivity index (χ4v) is 3.21. The van der Waals surface area contributed by atoms with Crippen LogP contribution in [0.15, 0.2) is 29.3 Å². The minimum atomic E-state index is -0.290. The van der Waals surface area contributed by atoms with Crippen LogP contribution in [0.5, 0.6) is 5.75 Å². The summed E-state index contributed by atoms with van der Waals surface area (Å²) in [5, 5.41) is 6.73. The van der Waals surface area contributed by atoms with E-state index in [1.165, 1.54) is 44.6 Å². The molecule has 2 atom stereocenters. The number of ether oxygens (including phenoxy) is 1. The van der Waals surface area contributed by atoms with Gasteiger partial charge in [-0.2, -0.15) is 0 Å². The zero-order valence-corrected chi connectivity index (χ0v) is 19.0. The number of hydrogen-bond donors (Lipinski definition) is 2. The lowest BCUT2D eigenvalue weighted by atomic mass is 10.1. The van der Waals surface area contributed by atoms with Crippen LogP contribution in [0.1, 0.15) is 33.6 Å². The third kappa shape index (κ3) is 9.10. The Morgan fingerprint density at radius 2 is 2.19 bits per heavy atom. The van der Waals surface area contributed by atoms with Crippen LogP contribution in [-0.2, 0) is 0 Å². The highest BCUT2D eigenvalue weighted by atomic mass is 127. The molecule has 2 rings (SSSR count). The number of aliphatic imine (C=N–C) groups is 1. The van der Waals surface area contributed by atoms with E-state index in [1.807, 2.05) is 6.92 Å². The van der Waals surface area contributed by atoms with Crippen molar-refractivity contribution in [2.24, 2.45) is 10.9 Å². The van der Waals surface area contributed by atoms with E-state index < -0.39 is 0 Å². The van der Waals surface area contributed by atoms with Gasteiger partial charge in [-0.25, -0.2) is 9.38 Å². The van der Waals surface area contributed by atoms with Crippen molar-refractivity contribution in [2.45, 2.75) is 39.7 Å². The van der Waals surface area contributed by atoms with Crippen LogP contribution in [0.3, 0.4) is 0 Å². The van der Waals surface area contributed by atoms with E-state index in [4.69, 9.17) is 4.74 Å². The van der Waals surface area contributed by atoms with E-state index in [1.54, 1.807) is 12.1 Å². The Labute approximate surface area is 180 Å². The van der Waals surface area contributed by atoms with E-state index >= 15 is 0 Å². The Kier molecular flexibility index (Phi) is 11.7. The molecule has 0 saturated carbocycles. The van der Waals surface area contributed by atoms with Crippen LogP contribution in [0.2, 0.25) is 0 Å². The number of benzene rings is 1. The molecule has 5 nitrogen and oxygen atoms in total. The Bertz CT molecular complexity index is 573. The maximum absolute atomic E-state index is 13.2. The highest BCUT2D eigenvalue weighted by molar-refractivity contribution is 14.0. The van der Waals surface area contributed by atoms with E-state index in [0.29, 0.717) is 18.2 Å². The highest BCUT2D eigenvalue weighted by Gasteiger charge is 2.21. The first-order valence-corrected chi connectivity index (χ1v) is 9.77. The summed E-state index contributed by atoms with van der Waals surface area (Å²) in [5.41, 5.74) is 0. The molecule has 7 heteroatoms. The van der Waals surface area contributed by atoms with Crippen LogP contribution in [0.4, 0.5) is 4.39 Å². The van der Waals surface area contributed by atoms with Gasteiger partial charge in [-0.1, -0.05) is 13.0 Å². The molecule has 2 N–H and O–H groups in total. The molecule has 27 heavy (non-hydrogen) atoms. The average Bonchev–Trinajstić information content (AvgIpc) is 3.05. The van der Waals surface area contributed by atoms with Gasteiger partial charge in [0, 0.05) is 25.7 Å². The molecule has 1 aromatic carbocycles. The second-order valence-corrected chi connectivity index (χ2v) is 6.94. The number of likely N-dealkylation sites (tertiary alicyclic amines) is 1. The van der Waals surface area contributed by atoms with Gasteiger partial charge in [-0.05, 0) is 57.8 Å². The SMILES string of the molecule is CCCN1CCC(CNC(=NCC(C)Oc2cccc(F)c2)NCC)C1.I. The van der Waals surface area contributed by atoms with Gasteiger partial charge in [0.2, 0.25) is 0 Å². The summed E-state index contributed by atoms with van der Waals surface area (Å²) in [7, 11) is 0. The summed E-state index contributed by atoms with van der Waals surface area (Å²) in [4.78, 5) is 7.14.